The minimum Gasteiger partial charge on any atom is -0.381 e. The fourth-order valence-corrected chi connectivity index (χ4v) is 1.98. The van der Waals surface area contributed by atoms with Gasteiger partial charge in [-0.25, -0.2) is 0 Å². The molecule has 0 aliphatic heterocycles. The number of hydrogen-bond acceptors (Lipinski definition) is 2. The van der Waals surface area contributed by atoms with Gasteiger partial charge in [0.1, 0.15) is 5.78 Å². The van der Waals surface area contributed by atoms with Crippen molar-refractivity contribution in [3.63, 3.8) is 0 Å². The van der Waals surface area contributed by atoms with Crippen LogP contribution in [0.4, 0.5) is 0 Å². The molecule has 1 rings (SSSR count). The first kappa shape index (κ1) is 8.72. The molecule has 0 heterocycles. The summed E-state index contributed by atoms with van der Waals surface area (Å²) in [5, 5.41) is 0. The Hall–Kier alpha value is -0.370. The van der Waals surface area contributed by atoms with Gasteiger partial charge in [0.15, 0.2) is 0 Å². The molecule has 1 aliphatic rings. The average Bonchev–Trinajstić information content (AvgIpc) is 1.85. The van der Waals surface area contributed by atoms with Crippen LogP contribution >= 0.6 is 0 Å². The van der Waals surface area contributed by atoms with Crippen LogP contribution in [0.15, 0.2) is 0 Å². The zero-order valence-electron chi connectivity index (χ0n) is 7.68. The van der Waals surface area contributed by atoms with Crippen molar-refractivity contribution in [2.24, 2.45) is 11.3 Å². The van der Waals surface area contributed by atoms with Crippen molar-refractivity contribution in [2.75, 3.05) is 7.11 Å². The number of methoxy groups -OCH3 is 1. The Labute approximate surface area is 67.9 Å². The molecule has 0 amide bonds. The van der Waals surface area contributed by atoms with Crippen LogP contribution in [0.2, 0.25) is 0 Å². The molecule has 0 aromatic rings. The Morgan fingerprint density at radius 3 is 2.36 bits per heavy atom. The molecular formula is C9H16O2. The lowest BCUT2D eigenvalue weighted by Gasteiger charge is -2.49. The van der Waals surface area contributed by atoms with E-state index in [0.29, 0.717) is 5.78 Å². The number of Topliss-reactive ketones (excluding diaryl/α,β-unsaturated/α-hetero) is 1. The normalized spacial score (nSPS) is 34.5. The van der Waals surface area contributed by atoms with Gasteiger partial charge >= 0.3 is 0 Å². The molecule has 1 fully saturated rings. The quantitative estimate of drug-likeness (QED) is 0.607. The van der Waals surface area contributed by atoms with Crippen molar-refractivity contribution in [3.8, 4) is 0 Å². The maximum absolute atomic E-state index is 11.0. The van der Waals surface area contributed by atoms with Gasteiger partial charge in [-0.15, -0.1) is 0 Å². The van der Waals surface area contributed by atoms with E-state index in [1.54, 1.807) is 14.0 Å². The maximum Gasteiger partial charge on any atom is 0.133 e. The molecule has 11 heavy (non-hydrogen) atoms. The molecule has 1 aliphatic carbocycles. The van der Waals surface area contributed by atoms with E-state index in [0.717, 1.165) is 6.42 Å². The van der Waals surface area contributed by atoms with E-state index < -0.39 is 0 Å². The largest absolute Gasteiger partial charge is 0.381 e. The first-order chi connectivity index (χ1) is 5.00. The van der Waals surface area contributed by atoms with Crippen LogP contribution in [0.3, 0.4) is 0 Å². The van der Waals surface area contributed by atoms with Crippen LogP contribution in [0, 0.1) is 11.3 Å². The second-order valence-electron chi connectivity index (χ2n) is 3.94. The van der Waals surface area contributed by atoms with Crippen LogP contribution in [-0.4, -0.2) is 19.0 Å². The Bertz CT molecular complexity index is 172. The highest BCUT2D eigenvalue weighted by molar-refractivity contribution is 5.80. The molecule has 0 N–H and O–H groups in total. The van der Waals surface area contributed by atoms with E-state index >= 15 is 0 Å². The summed E-state index contributed by atoms with van der Waals surface area (Å²) in [6.45, 7) is 5.85. The highest BCUT2D eigenvalue weighted by Gasteiger charge is 2.50. The molecule has 2 atom stereocenters. The predicted molar refractivity (Wildman–Crippen MR) is 43.4 cm³/mol. The molecular weight excluding hydrogens is 140 g/mol. The van der Waals surface area contributed by atoms with Crippen molar-refractivity contribution >= 4 is 5.78 Å². The fraction of sp³-hybridized carbons (Fsp3) is 0.889. The summed E-state index contributed by atoms with van der Waals surface area (Å²) in [4.78, 5) is 11.0. The standard InChI is InChI=1S/C9H16O2/c1-6(10)7-5-8(11-4)9(7,2)3/h7-8H,5H2,1-4H3/t7-,8-/m1/s1. The van der Waals surface area contributed by atoms with E-state index in [4.69, 9.17) is 4.74 Å². The molecule has 0 radical (unpaired) electrons. The van der Waals surface area contributed by atoms with Gasteiger partial charge in [-0.05, 0) is 13.3 Å². The summed E-state index contributed by atoms with van der Waals surface area (Å²) in [6.07, 6.45) is 1.18. The number of carbonyl (C=O) groups is 1. The summed E-state index contributed by atoms with van der Waals surface area (Å²) < 4.78 is 5.23. The second-order valence-corrected chi connectivity index (χ2v) is 3.94. The summed E-state index contributed by atoms with van der Waals surface area (Å²) in [5.41, 5.74) is 0.0561. The monoisotopic (exact) mass is 156 g/mol. The third kappa shape index (κ3) is 1.20. The molecule has 64 valence electrons. The van der Waals surface area contributed by atoms with E-state index in [1.807, 2.05) is 0 Å². The highest BCUT2D eigenvalue weighted by Crippen LogP contribution is 2.47. The topological polar surface area (TPSA) is 26.3 Å². The minimum atomic E-state index is 0.0561. The van der Waals surface area contributed by atoms with Crippen LogP contribution in [0.5, 0.6) is 0 Å². The Balaban J connectivity index is 2.61. The number of hydrogen-bond donors (Lipinski definition) is 0. The van der Waals surface area contributed by atoms with Gasteiger partial charge in [0.05, 0.1) is 6.10 Å². The van der Waals surface area contributed by atoms with Crippen molar-refractivity contribution in [1.29, 1.82) is 0 Å². The zero-order valence-corrected chi connectivity index (χ0v) is 7.68. The van der Waals surface area contributed by atoms with Gasteiger partial charge in [0.25, 0.3) is 0 Å². The lowest BCUT2D eigenvalue weighted by Crippen LogP contribution is -2.52. The molecule has 0 saturated heterocycles. The summed E-state index contributed by atoms with van der Waals surface area (Å²) >= 11 is 0. The van der Waals surface area contributed by atoms with Crippen molar-refractivity contribution in [3.05, 3.63) is 0 Å². The van der Waals surface area contributed by atoms with Crippen LogP contribution in [0.25, 0.3) is 0 Å². The molecule has 0 aromatic carbocycles. The predicted octanol–water partition coefficient (Wildman–Crippen LogP) is 1.64. The fourth-order valence-electron chi connectivity index (χ4n) is 1.98. The zero-order chi connectivity index (χ0) is 8.65. The van der Waals surface area contributed by atoms with Gasteiger partial charge in [0, 0.05) is 18.4 Å². The molecule has 0 bridgehead atoms. The summed E-state index contributed by atoms with van der Waals surface area (Å²) in [5.74, 6) is 0.510. The molecule has 0 aromatic heterocycles. The van der Waals surface area contributed by atoms with Gasteiger partial charge in [-0.1, -0.05) is 13.8 Å². The Morgan fingerprint density at radius 1 is 1.55 bits per heavy atom. The van der Waals surface area contributed by atoms with E-state index in [9.17, 15) is 4.79 Å². The molecule has 2 heteroatoms. The minimum absolute atomic E-state index is 0.0561. The van der Waals surface area contributed by atoms with Crippen LogP contribution < -0.4 is 0 Å². The smallest absolute Gasteiger partial charge is 0.133 e. The van der Waals surface area contributed by atoms with E-state index in [1.165, 1.54) is 0 Å². The van der Waals surface area contributed by atoms with Gasteiger partial charge in [-0.3, -0.25) is 4.79 Å². The lowest BCUT2D eigenvalue weighted by molar-refractivity contribution is -0.153. The summed E-state index contributed by atoms with van der Waals surface area (Å²) in [7, 11) is 1.71. The molecule has 2 nitrogen and oxygen atoms in total. The number of carbonyl (C=O) groups excluding carboxylic acids is 1. The van der Waals surface area contributed by atoms with Gasteiger partial charge in [-0.2, -0.15) is 0 Å². The Morgan fingerprint density at radius 2 is 2.09 bits per heavy atom. The average molecular weight is 156 g/mol. The van der Waals surface area contributed by atoms with Crippen LogP contribution in [0.1, 0.15) is 27.2 Å². The molecule has 0 spiro atoms. The summed E-state index contributed by atoms with van der Waals surface area (Å²) in [6, 6.07) is 0. The number of ether oxygens (including phenoxy) is 1. The van der Waals surface area contributed by atoms with Crippen molar-refractivity contribution in [2.45, 2.75) is 33.3 Å². The lowest BCUT2D eigenvalue weighted by atomic mass is 9.59. The van der Waals surface area contributed by atoms with Gasteiger partial charge < -0.3 is 4.74 Å². The van der Waals surface area contributed by atoms with Crippen molar-refractivity contribution in [1.82, 2.24) is 0 Å². The second kappa shape index (κ2) is 2.59. The number of ketones is 1. The Kier molecular flexibility index (Phi) is 2.06. The van der Waals surface area contributed by atoms with Crippen LogP contribution in [-0.2, 0) is 9.53 Å². The maximum atomic E-state index is 11.0. The third-order valence-electron chi connectivity index (χ3n) is 2.95. The highest BCUT2D eigenvalue weighted by atomic mass is 16.5. The molecule has 1 saturated carbocycles. The first-order valence-electron chi connectivity index (χ1n) is 4.03. The molecule has 0 unspecified atom stereocenters. The van der Waals surface area contributed by atoms with E-state index in [-0.39, 0.29) is 17.4 Å². The van der Waals surface area contributed by atoms with Gasteiger partial charge in [0.2, 0.25) is 0 Å². The first-order valence-corrected chi connectivity index (χ1v) is 4.03. The van der Waals surface area contributed by atoms with Crippen molar-refractivity contribution < 1.29 is 9.53 Å². The SMILES string of the molecule is CO[C@@H]1C[C@H](C(C)=O)C1(C)C. The van der Waals surface area contributed by atoms with E-state index in [2.05, 4.69) is 13.8 Å². The third-order valence-corrected chi connectivity index (χ3v) is 2.95. The number of rotatable bonds is 2.